The first-order chi connectivity index (χ1) is 12.6. The molecule has 5 nitrogen and oxygen atoms in total. The minimum Gasteiger partial charge on any atom is -0.497 e. The van der Waals surface area contributed by atoms with Crippen LogP contribution in [0.1, 0.15) is 15.9 Å². The fourth-order valence-electron chi connectivity index (χ4n) is 2.60. The molecule has 0 aliphatic rings. The Hall–Kier alpha value is -2.92. The van der Waals surface area contributed by atoms with Gasteiger partial charge in [-0.15, -0.1) is 0 Å². The molecule has 26 heavy (non-hydrogen) atoms. The first-order valence-electron chi connectivity index (χ1n) is 8.04. The highest BCUT2D eigenvalue weighted by atomic mass is 35.5. The SMILES string of the molecule is COc1ccc(CNC(=O)c2cc(Cl)c(-n3cccc3)cc2OC)cc1. The highest BCUT2D eigenvalue weighted by Crippen LogP contribution is 2.30. The van der Waals surface area contributed by atoms with Crippen LogP contribution in [0, 0.1) is 0 Å². The van der Waals surface area contributed by atoms with E-state index in [1.54, 1.807) is 19.2 Å². The third kappa shape index (κ3) is 3.83. The van der Waals surface area contributed by atoms with Crippen molar-refractivity contribution < 1.29 is 14.3 Å². The lowest BCUT2D eigenvalue weighted by molar-refractivity contribution is 0.0948. The van der Waals surface area contributed by atoms with E-state index in [-0.39, 0.29) is 5.91 Å². The number of methoxy groups -OCH3 is 2. The Morgan fingerprint density at radius 3 is 2.38 bits per heavy atom. The highest BCUT2D eigenvalue weighted by molar-refractivity contribution is 6.33. The average molecular weight is 371 g/mol. The van der Waals surface area contributed by atoms with Crippen LogP contribution in [0.4, 0.5) is 0 Å². The summed E-state index contributed by atoms with van der Waals surface area (Å²) in [7, 11) is 3.15. The predicted octanol–water partition coefficient (Wildman–Crippen LogP) is 4.08. The summed E-state index contributed by atoms with van der Waals surface area (Å²) in [6.07, 6.45) is 3.76. The molecule has 0 spiro atoms. The van der Waals surface area contributed by atoms with E-state index in [4.69, 9.17) is 21.1 Å². The Bertz CT molecular complexity index is 890. The lowest BCUT2D eigenvalue weighted by Gasteiger charge is -2.14. The molecule has 6 heteroatoms. The van der Waals surface area contributed by atoms with Crippen LogP contribution in [0.5, 0.6) is 11.5 Å². The van der Waals surface area contributed by atoms with Crippen LogP contribution in [0.3, 0.4) is 0 Å². The van der Waals surface area contributed by atoms with Crippen LogP contribution in [-0.2, 0) is 6.54 Å². The summed E-state index contributed by atoms with van der Waals surface area (Å²) < 4.78 is 12.4. The molecular weight excluding hydrogens is 352 g/mol. The summed E-state index contributed by atoms with van der Waals surface area (Å²) in [5.74, 6) is 0.984. The minimum atomic E-state index is -0.251. The van der Waals surface area contributed by atoms with Gasteiger partial charge in [-0.25, -0.2) is 0 Å². The smallest absolute Gasteiger partial charge is 0.255 e. The van der Waals surface area contributed by atoms with Gasteiger partial charge in [-0.1, -0.05) is 23.7 Å². The molecular formula is C20H19ClN2O3. The quantitative estimate of drug-likeness (QED) is 0.711. The molecule has 1 aromatic heterocycles. The first-order valence-corrected chi connectivity index (χ1v) is 8.42. The Kier molecular flexibility index (Phi) is 5.49. The van der Waals surface area contributed by atoms with Gasteiger partial charge < -0.3 is 19.4 Å². The van der Waals surface area contributed by atoms with Crippen LogP contribution >= 0.6 is 11.6 Å². The molecule has 0 radical (unpaired) electrons. The van der Waals surface area contributed by atoms with Gasteiger partial charge in [0, 0.05) is 25.0 Å². The monoisotopic (exact) mass is 370 g/mol. The molecule has 0 saturated carbocycles. The maximum atomic E-state index is 12.6. The number of ether oxygens (including phenoxy) is 2. The van der Waals surface area contributed by atoms with Crippen molar-refractivity contribution in [3.05, 3.63) is 77.1 Å². The Balaban J connectivity index is 1.78. The molecule has 1 N–H and O–H groups in total. The van der Waals surface area contributed by atoms with E-state index in [0.29, 0.717) is 22.9 Å². The zero-order valence-corrected chi connectivity index (χ0v) is 15.3. The normalized spacial score (nSPS) is 10.4. The lowest BCUT2D eigenvalue weighted by Crippen LogP contribution is -2.23. The van der Waals surface area contributed by atoms with Gasteiger partial charge in [0.15, 0.2) is 0 Å². The Morgan fingerprint density at radius 1 is 1.08 bits per heavy atom. The number of nitrogens with one attached hydrogen (secondary N) is 1. The zero-order valence-electron chi connectivity index (χ0n) is 14.5. The molecule has 0 fully saturated rings. The first kappa shape index (κ1) is 17.9. The molecule has 0 aliphatic heterocycles. The number of aromatic nitrogens is 1. The third-order valence-corrected chi connectivity index (χ3v) is 4.31. The van der Waals surface area contributed by atoms with Crippen molar-refractivity contribution >= 4 is 17.5 Å². The Morgan fingerprint density at radius 2 is 1.77 bits per heavy atom. The number of halogens is 1. The van der Waals surface area contributed by atoms with Gasteiger partial charge in [-0.05, 0) is 35.9 Å². The summed E-state index contributed by atoms with van der Waals surface area (Å²) in [6.45, 7) is 0.392. The largest absolute Gasteiger partial charge is 0.497 e. The fourth-order valence-corrected chi connectivity index (χ4v) is 2.86. The van der Waals surface area contributed by atoms with Crippen molar-refractivity contribution in [2.45, 2.75) is 6.54 Å². The van der Waals surface area contributed by atoms with Crippen LogP contribution < -0.4 is 14.8 Å². The highest BCUT2D eigenvalue weighted by Gasteiger charge is 2.16. The second kappa shape index (κ2) is 7.97. The maximum absolute atomic E-state index is 12.6. The molecule has 0 bridgehead atoms. The predicted molar refractivity (Wildman–Crippen MR) is 101 cm³/mol. The van der Waals surface area contributed by atoms with Crippen molar-refractivity contribution in [2.75, 3.05) is 14.2 Å². The number of hydrogen-bond donors (Lipinski definition) is 1. The van der Waals surface area contributed by atoms with Crippen molar-refractivity contribution in [3.63, 3.8) is 0 Å². The number of nitrogens with zero attached hydrogens (tertiary/aromatic N) is 1. The summed E-state index contributed by atoms with van der Waals surface area (Å²) >= 11 is 6.37. The fraction of sp³-hybridized carbons (Fsp3) is 0.150. The molecule has 2 aromatic carbocycles. The number of benzene rings is 2. The lowest BCUT2D eigenvalue weighted by atomic mass is 10.1. The minimum absolute atomic E-state index is 0.251. The standard InChI is InChI=1S/C20H19ClN2O3/c1-25-15-7-5-14(6-8-15)13-22-20(24)16-11-17(21)18(12-19(16)26-2)23-9-3-4-10-23/h3-12H,13H2,1-2H3,(H,22,24). The molecule has 0 atom stereocenters. The van der Waals surface area contributed by atoms with Gasteiger partial charge in [0.05, 0.1) is 30.5 Å². The van der Waals surface area contributed by atoms with Crippen LogP contribution in [0.25, 0.3) is 5.69 Å². The molecule has 1 amide bonds. The van der Waals surface area contributed by atoms with Gasteiger partial charge in [0.1, 0.15) is 11.5 Å². The summed E-state index contributed by atoms with van der Waals surface area (Å²) in [5.41, 5.74) is 2.11. The number of carbonyl (C=O) groups excluding carboxylic acids is 1. The van der Waals surface area contributed by atoms with E-state index in [2.05, 4.69) is 5.32 Å². The maximum Gasteiger partial charge on any atom is 0.255 e. The van der Waals surface area contributed by atoms with E-state index < -0.39 is 0 Å². The van der Waals surface area contributed by atoms with Crippen LogP contribution in [-0.4, -0.2) is 24.7 Å². The second-order valence-corrected chi connectivity index (χ2v) is 6.03. The van der Waals surface area contributed by atoms with Gasteiger partial charge >= 0.3 is 0 Å². The summed E-state index contributed by atoms with van der Waals surface area (Å²) in [5, 5.41) is 3.35. The molecule has 0 saturated heterocycles. The van der Waals surface area contributed by atoms with Gasteiger partial charge in [-0.2, -0.15) is 0 Å². The summed E-state index contributed by atoms with van der Waals surface area (Å²) in [4.78, 5) is 12.6. The molecule has 1 heterocycles. The number of hydrogen-bond acceptors (Lipinski definition) is 3. The molecule has 0 unspecified atom stereocenters. The molecule has 134 valence electrons. The van der Waals surface area contributed by atoms with Gasteiger partial charge in [-0.3, -0.25) is 4.79 Å². The van der Waals surface area contributed by atoms with E-state index >= 15 is 0 Å². The molecule has 3 aromatic rings. The van der Waals surface area contributed by atoms with Crippen LogP contribution in [0.15, 0.2) is 60.9 Å². The third-order valence-electron chi connectivity index (χ3n) is 4.01. The Labute approximate surface area is 157 Å². The van der Waals surface area contributed by atoms with E-state index in [1.807, 2.05) is 53.4 Å². The average Bonchev–Trinajstić information content (AvgIpc) is 3.20. The van der Waals surface area contributed by atoms with Gasteiger partial charge in [0.2, 0.25) is 0 Å². The van der Waals surface area contributed by atoms with Crippen molar-refractivity contribution in [1.29, 1.82) is 0 Å². The van der Waals surface area contributed by atoms with E-state index in [9.17, 15) is 4.79 Å². The second-order valence-electron chi connectivity index (χ2n) is 5.62. The van der Waals surface area contributed by atoms with Crippen LogP contribution in [0.2, 0.25) is 5.02 Å². The van der Waals surface area contributed by atoms with E-state index in [1.165, 1.54) is 7.11 Å². The number of rotatable bonds is 6. The zero-order chi connectivity index (χ0) is 18.5. The number of carbonyl (C=O) groups is 1. The summed E-state index contributed by atoms with van der Waals surface area (Å²) in [6, 6.07) is 14.7. The molecule has 0 aliphatic carbocycles. The number of amides is 1. The van der Waals surface area contributed by atoms with Crippen molar-refractivity contribution in [3.8, 4) is 17.2 Å². The topological polar surface area (TPSA) is 52.5 Å². The van der Waals surface area contributed by atoms with E-state index in [0.717, 1.165) is 17.0 Å². The molecule has 3 rings (SSSR count). The van der Waals surface area contributed by atoms with Crippen molar-refractivity contribution in [2.24, 2.45) is 0 Å². The van der Waals surface area contributed by atoms with Crippen molar-refractivity contribution in [1.82, 2.24) is 9.88 Å². The van der Waals surface area contributed by atoms with Gasteiger partial charge in [0.25, 0.3) is 5.91 Å².